The normalized spacial score (nSPS) is 26.5. The molecule has 1 saturated heterocycles. The zero-order valence-corrected chi connectivity index (χ0v) is 5.81. The lowest BCUT2D eigenvalue weighted by molar-refractivity contribution is 0.194. The number of hydrogen-bond donors (Lipinski definition) is 2. The van der Waals surface area contributed by atoms with E-state index in [-0.39, 0.29) is 5.96 Å². The van der Waals surface area contributed by atoms with Gasteiger partial charge in [-0.15, -0.1) is 0 Å². The highest BCUT2D eigenvalue weighted by Gasteiger charge is 2.19. The molecule has 1 heterocycles. The Balaban J connectivity index is 2.39. The van der Waals surface area contributed by atoms with E-state index in [1.54, 1.807) is 4.90 Å². The van der Waals surface area contributed by atoms with Crippen LogP contribution in [-0.2, 0) is 0 Å². The molecule has 0 aromatic rings. The monoisotopic (exact) mass is 145 g/mol. The van der Waals surface area contributed by atoms with Gasteiger partial charge in [-0.2, -0.15) is 0 Å². The van der Waals surface area contributed by atoms with Crippen LogP contribution in [0, 0.1) is 5.41 Å². The van der Waals surface area contributed by atoms with Crippen molar-refractivity contribution in [2.24, 2.45) is 5.73 Å². The van der Waals surface area contributed by atoms with Gasteiger partial charge in [0.15, 0.2) is 5.96 Å². The summed E-state index contributed by atoms with van der Waals surface area (Å²) in [5.74, 6) is -0.0117. The quantitative estimate of drug-likeness (QED) is 0.381. The summed E-state index contributed by atoms with van der Waals surface area (Å²) >= 11 is 0. The molecule has 1 aliphatic heterocycles. The minimum Gasteiger partial charge on any atom is -0.370 e. The van der Waals surface area contributed by atoms with Crippen LogP contribution in [0.2, 0.25) is 0 Å². The summed E-state index contributed by atoms with van der Waals surface area (Å²) in [5, 5.41) is 7.02. The van der Waals surface area contributed by atoms with Gasteiger partial charge < -0.3 is 10.6 Å². The standard InChI is InChI=1S/C6H12FN3/c7-5-2-1-3-10(4-5)6(8)9/h5H,1-4H2,(H3,8,9)/t5-/m1/s1. The molecule has 0 unspecified atom stereocenters. The predicted octanol–water partition coefficient (Wildman–Crippen LogP) is 0.314. The van der Waals surface area contributed by atoms with E-state index >= 15 is 0 Å². The van der Waals surface area contributed by atoms with Crippen molar-refractivity contribution in [1.82, 2.24) is 4.90 Å². The second-order valence-electron chi connectivity index (χ2n) is 2.57. The average Bonchev–Trinajstić information content (AvgIpc) is 1.88. The van der Waals surface area contributed by atoms with Crippen molar-refractivity contribution in [3.63, 3.8) is 0 Å². The summed E-state index contributed by atoms with van der Waals surface area (Å²) in [4.78, 5) is 1.56. The fraction of sp³-hybridized carbons (Fsp3) is 0.833. The first kappa shape index (κ1) is 7.31. The number of halogens is 1. The van der Waals surface area contributed by atoms with Crippen molar-refractivity contribution in [3.05, 3.63) is 0 Å². The van der Waals surface area contributed by atoms with Crippen LogP contribution in [0.5, 0.6) is 0 Å². The van der Waals surface area contributed by atoms with Crippen molar-refractivity contribution >= 4 is 5.96 Å². The molecule has 3 nitrogen and oxygen atoms in total. The maximum Gasteiger partial charge on any atom is 0.188 e. The summed E-state index contributed by atoms with van der Waals surface area (Å²) in [5.41, 5.74) is 5.17. The highest BCUT2D eigenvalue weighted by atomic mass is 19.1. The molecule has 0 aliphatic carbocycles. The lowest BCUT2D eigenvalue weighted by atomic mass is 10.1. The smallest absolute Gasteiger partial charge is 0.188 e. The first-order valence-corrected chi connectivity index (χ1v) is 3.43. The number of nitrogens with one attached hydrogen (secondary N) is 1. The first-order chi connectivity index (χ1) is 4.70. The molecule has 0 aromatic carbocycles. The molecule has 3 N–H and O–H groups in total. The van der Waals surface area contributed by atoms with Crippen LogP contribution in [0.15, 0.2) is 0 Å². The van der Waals surface area contributed by atoms with Crippen LogP contribution in [0.25, 0.3) is 0 Å². The fourth-order valence-electron chi connectivity index (χ4n) is 1.14. The molecule has 0 radical (unpaired) electrons. The largest absolute Gasteiger partial charge is 0.370 e. The molecular weight excluding hydrogens is 133 g/mol. The number of guanidine groups is 1. The summed E-state index contributed by atoms with van der Waals surface area (Å²) < 4.78 is 12.6. The van der Waals surface area contributed by atoms with E-state index in [0.717, 1.165) is 13.0 Å². The van der Waals surface area contributed by atoms with Gasteiger partial charge in [-0.1, -0.05) is 0 Å². The molecule has 1 fully saturated rings. The Morgan fingerprint density at radius 1 is 1.70 bits per heavy atom. The number of rotatable bonds is 0. The highest BCUT2D eigenvalue weighted by molar-refractivity contribution is 5.74. The van der Waals surface area contributed by atoms with Gasteiger partial charge in [0.25, 0.3) is 0 Å². The number of piperidine rings is 1. The van der Waals surface area contributed by atoms with E-state index in [9.17, 15) is 4.39 Å². The number of hydrogen-bond acceptors (Lipinski definition) is 1. The zero-order valence-electron chi connectivity index (χ0n) is 5.81. The molecule has 1 aliphatic rings. The highest BCUT2D eigenvalue weighted by Crippen LogP contribution is 2.11. The molecular formula is C6H12FN3. The van der Waals surface area contributed by atoms with Crippen molar-refractivity contribution in [2.75, 3.05) is 13.1 Å². The van der Waals surface area contributed by atoms with Crippen LogP contribution in [0.1, 0.15) is 12.8 Å². The van der Waals surface area contributed by atoms with E-state index in [1.165, 1.54) is 0 Å². The van der Waals surface area contributed by atoms with Gasteiger partial charge in [-0.25, -0.2) is 4.39 Å². The van der Waals surface area contributed by atoms with Gasteiger partial charge in [0.05, 0.1) is 6.54 Å². The third-order valence-corrected chi connectivity index (χ3v) is 1.70. The molecule has 4 heteroatoms. The van der Waals surface area contributed by atoms with Crippen molar-refractivity contribution < 1.29 is 4.39 Å². The van der Waals surface area contributed by atoms with Crippen LogP contribution in [0.4, 0.5) is 4.39 Å². The Morgan fingerprint density at radius 2 is 2.40 bits per heavy atom. The van der Waals surface area contributed by atoms with E-state index in [4.69, 9.17) is 11.1 Å². The maximum absolute atomic E-state index is 12.6. The Labute approximate surface area is 59.5 Å². The molecule has 58 valence electrons. The average molecular weight is 145 g/mol. The lowest BCUT2D eigenvalue weighted by Gasteiger charge is -2.28. The maximum atomic E-state index is 12.6. The molecule has 1 rings (SSSR count). The first-order valence-electron chi connectivity index (χ1n) is 3.43. The van der Waals surface area contributed by atoms with Gasteiger partial charge in [-0.3, -0.25) is 5.41 Å². The number of nitrogens with two attached hydrogens (primary N) is 1. The summed E-state index contributed by atoms with van der Waals surface area (Å²) in [6.07, 6.45) is 0.627. The zero-order chi connectivity index (χ0) is 7.56. The SMILES string of the molecule is N=C(N)N1CCC[C@@H](F)C1. The topological polar surface area (TPSA) is 53.1 Å². The molecule has 0 saturated carbocycles. The molecule has 0 bridgehead atoms. The number of likely N-dealkylation sites (tertiary alicyclic amines) is 1. The number of alkyl halides is 1. The van der Waals surface area contributed by atoms with Gasteiger partial charge in [0.2, 0.25) is 0 Å². The van der Waals surface area contributed by atoms with Gasteiger partial charge in [0.1, 0.15) is 6.17 Å². The Hall–Kier alpha value is -0.800. The lowest BCUT2D eigenvalue weighted by Crippen LogP contribution is -2.44. The summed E-state index contributed by atoms with van der Waals surface area (Å²) in [6.45, 7) is 1.03. The van der Waals surface area contributed by atoms with E-state index in [1.807, 2.05) is 0 Å². The van der Waals surface area contributed by atoms with Crippen molar-refractivity contribution in [3.8, 4) is 0 Å². The molecule has 0 aromatic heterocycles. The van der Waals surface area contributed by atoms with E-state index < -0.39 is 6.17 Å². The summed E-state index contributed by atoms with van der Waals surface area (Å²) in [7, 11) is 0. The Kier molecular flexibility index (Phi) is 2.09. The minimum absolute atomic E-state index is 0.0117. The second-order valence-corrected chi connectivity index (χ2v) is 2.57. The Morgan fingerprint density at radius 3 is 2.80 bits per heavy atom. The molecule has 10 heavy (non-hydrogen) atoms. The molecule has 0 amide bonds. The summed E-state index contributed by atoms with van der Waals surface area (Å²) in [6, 6.07) is 0. The van der Waals surface area contributed by atoms with Gasteiger partial charge in [-0.05, 0) is 12.8 Å². The Bertz CT molecular complexity index is 137. The molecule has 1 atom stereocenters. The van der Waals surface area contributed by atoms with Crippen LogP contribution in [0.3, 0.4) is 0 Å². The van der Waals surface area contributed by atoms with Crippen molar-refractivity contribution in [1.29, 1.82) is 5.41 Å². The van der Waals surface area contributed by atoms with Crippen LogP contribution < -0.4 is 5.73 Å². The van der Waals surface area contributed by atoms with Crippen LogP contribution in [-0.4, -0.2) is 30.1 Å². The predicted molar refractivity (Wildman–Crippen MR) is 37.6 cm³/mol. The third-order valence-electron chi connectivity index (χ3n) is 1.70. The number of nitrogens with zero attached hydrogens (tertiary/aromatic N) is 1. The third kappa shape index (κ3) is 1.59. The minimum atomic E-state index is -0.794. The van der Waals surface area contributed by atoms with Crippen LogP contribution >= 0.6 is 0 Å². The fourth-order valence-corrected chi connectivity index (χ4v) is 1.14. The molecule has 0 spiro atoms. The van der Waals surface area contributed by atoms with Crippen molar-refractivity contribution in [2.45, 2.75) is 19.0 Å². The van der Waals surface area contributed by atoms with Gasteiger partial charge >= 0.3 is 0 Å². The van der Waals surface area contributed by atoms with Gasteiger partial charge in [0, 0.05) is 6.54 Å². The second kappa shape index (κ2) is 2.86. The van der Waals surface area contributed by atoms with E-state index in [0.29, 0.717) is 13.0 Å². The van der Waals surface area contributed by atoms with E-state index in [2.05, 4.69) is 0 Å².